The normalized spacial score (nSPS) is 10.5. The summed E-state index contributed by atoms with van der Waals surface area (Å²) in [7, 11) is 0. The molecule has 0 saturated heterocycles. The molecule has 30 heavy (non-hydrogen) atoms. The molecule has 0 spiro atoms. The quantitative estimate of drug-likeness (QED) is 0.492. The summed E-state index contributed by atoms with van der Waals surface area (Å²) in [5.41, 5.74) is 2.91. The van der Waals surface area contributed by atoms with Gasteiger partial charge < -0.3 is 10.1 Å². The highest BCUT2D eigenvalue weighted by Crippen LogP contribution is 2.15. The van der Waals surface area contributed by atoms with Gasteiger partial charge in [-0.05, 0) is 28.5 Å². The third-order valence-electron chi connectivity index (χ3n) is 4.41. The fourth-order valence-corrected chi connectivity index (χ4v) is 2.88. The zero-order valence-electron chi connectivity index (χ0n) is 16.3. The zero-order valence-corrected chi connectivity index (χ0v) is 16.3. The van der Waals surface area contributed by atoms with Gasteiger partial charge in [0, 0.05) is 12.1 Å². The number of benzene rings is 3. The second-order valence-corrected chi connectivity index (χ2v) is 6.71. The number of hydrogen-bond acceptors (Lipinski definition) is 5. The van der Waals surface area contributed by atoms with Crippen LogP contribution < -0.4 is 10.1 Å². The number of aromatic nitrogens is 4. The standard InChI is InChI=1S/C23H21N5O2/c29-22(16-28-26-23(25-27-28)20-11-5-2-6-12-20)24-15-19-10-7-13-21(14-19)30-17-18-8-3-1-4-9-18/h1-14H,15-17H2,(H,24,29). The van der Waals surface area contributed by atoms with Crippen molar-refractivity contribution in [2.75, 3.05) is 0 Å². The smallest absolute Gasteiger partial charge is 0.243 e. The van der Waals surface area contributed by atoms with E-state index in [2.05, 4.69) is 20.7 Å². The molecule has 0 aliphatic rings. The summed E-state index contributed by atoms with van der Waals surface area (Å²) in [6.45, 7) is 0.893. The maximum Gasteiger partial charge on any atom is 0.243 e. The Bertz CT molecular complexity index is 1100. The van der Waals surface area contributed by atoms with Crippen molar-refractivity contribution in [1.29, 1.82) is 0 Å². The largest absolute Gasteiger partial charge is 0.489 e. The molecule has 0 unspecified atom stereocenters. The van der Waals surface area contributed by atoms with Crippen LogP contribution in [0.25, 0.3) is 11.4 Å². The molecular weight excluding hydrogens is 378 g/mol. The van der Waals surface area contributed by atoms with E-state index in [-0.39, 0.29) is 12.5 Å². The van der Waals surface area contributed by atoms with E-state index < -0.39 is 0 Å². The SMILES string of the molecule is O=C(Cn1nnc(-c2ccccc2)n1)NCc1cccc(OCc2ccccc2)c1. The predicted molar refractivity (Wildman–Crippen MR) is 112 cm³/mol. The third-order valence-corrected chi connectivity index (χ3v) is 4.41. The maximum atomic E-state index is 12.3. The van der Waals surface area contributed by atoms with Gasteiger partial charge in [-0.1, -0.05) is 72.8 Å². The maximum absolute atomic E-state index is 12.3. The molecule has 150 valence electrons. The molecule has 1 amide bonds. The highest BCUT2D eigenvalue weighted by molar-refractivity contribution is 5.75. The van der Waals surface area contributed by atoms with Crippen LogP contribution in [0.4, 0.5) is 0 Å². The van der Waals surface area contributed by atoms with Gasteiger partial charge in [-0.2, -0.15) is 4.80 Å². The molecular formula is C23H21N5O2. The van der Waals surface area contributed by atoms with E-state index in [1.165, 1.54) is 4.80 Å². The van der Waals surface area contributed by atoms with Gasteiger partial charge in [-0.25, -0.2) is 0 Å². The minimum absolute atomic E-state index is 0.00400. The van der Waals surface area contributed by atoms with Crippen LogP contribution in [0.5, 0.6) is 5.75 Å². The molecule has 1 heterocycles. The zero-order chi connectivity index (χ0) is 20.6. The van der Waals surface area contributed by atoms with E-state index in [9.17, 15) is 4.79 Å². The molecule has 4 rings (SSSR count). The number of ether oxygens (including phenoxy) is 1. The van der Waals surface area contributed by atoms with Crippen LogP contribution in [0, 0.1) is 0 Å². The first-order chi connectivity index (χ1) is 14.8. The number of nitrogens with zero attached hydrogens (tertiary/aromatic N) is 4. The molecule has 3 aromatic carbocycles. The Morgan fingerprint density at radius 1 is 0.900 bits per heavy atom. The molecule has 1 aromatic heterocycles. The van der Waals surface area contributed by atoms with Crippen LogP contribution >= 0.6 is 0 Å². The first-order valence-corrected chi connectivity index (χ1v) is 9.62. The molecule has 4 aromatic rings. The molecule has 7 nitrogen and oxygen atoms in total. The summed E-state index contributed by atoms with van der Waals surface area (Å²) >= 11 is 0. The van der Waals surface area contributed by atoms with Gasteiger partial charge in [0.2, 0.25) is 11.7 Å². The molecule has 1 N–H and O–H groups in total. The third kappa shape index (κ3) is 5.29. The topological polar surface area (TPSA) is 81.9 Å². The van der Waals surface area contributed by atoms with Gasteiger partial charge in [0.15, 0.2) is 0 Å². The Balaban J connectivity index is 1.28. The van der Waals surface area contributed by atoms with Crippen molar-refractivity contribution in [3.63, 3.8) is 0 Å². The lowest BCUT2D eigenvalue weighted by molar-refractivity contribution is -0.122. The van der Waals surface area contributed by atoms with E-state index in [1.54, 1.807) is 0 Å². The summed E-state index contributed by atoms with van der Waals surface area (Å²) < 4.78 is 5.83. The predicted octanol–water partition coefficient (Wildman–Crippen LogP) is 3.24. The molecule has 0 radical (unpaired) electrons. The summed E-state index contributed by atoms with van der Waals surface area (Å²) in [6, 6.07) is 27.2. The van der Waals surface area contributed by atoms with Gasteiger partial charge in [0.25, 0.3) is 0 Å². The van der Waals surface area contributed by atoms with Crippen molar-refractivity contribution in [3.05, 3.63) is 96.1 Å². The minimum atomic E-state index is -0.192. The van der Waals surface area contributed by atoms with Gasteiger partial charge >= 0.3 is 0 Å². The molecule has 0 aliphatic heterocycles. The fourth-order valence-electron chi connectivity index (χ4n) is 2.88. The van der Waals surface area contributed by atoms with Crippen molar-refractivity contribution in [2.24, 2.45) is 0 Å². The Morgan fingerprint density at radius 2 is 1.63 bits per heavy atom. The van der Waals surface area contributed by atoms with Crippen molar-refractivity contribution in [3.8, 4) is 17.1 Å². The average molecular weight is 399 g/mol. The number of nitrogens with one attached hydrogen (secondary N) is 1. The number of carbonyl (C=O) groups is 1. The number of carbonyl (C=O) groups excluding carboxylic acids is 1. The Kier molecular flexibility index (Phi) is 6.10. The lowest BCUT2D eigenvalue weighted by atomic mass is 10.2. The van der Waals surface area contributed by atoms with Crippen LogP contribution in [-0.4, -0.2) is 26.1 Å². The van der Waals surface area contributed by atoms with E-state index in [0.29, 0.717) is 19.0 Å². The minimum Gasteiger partial charge on any atom is -0.489 e. The second-order valence-electron chi connectivity index (χ2n) is 6.71. The second kappa shape index (κ2) is 9.47. The van der Waals surface area contributed by atoms with Crippen molar-refractivity contribution in [2.45, 2.75) is 19.7 Å². The average Bonchev–Trinajstić information content (AvgIpc) is 3.26. The van der Waals surface area contributed by atoms with E-state index >= 15 is 0 Å². The lowest BCUT2D eigenvalue weighted by Crippen LogP contribution is -2.28. The first-order valence-electron chi connectivity index (χ1n) is 9.62. The fraction of sp³-hybridized carbons (Fsp3) is 0.130. The molecule has 7 heteroatoms. The monoisotopic (exact) mass is 399 g/mol. The highest BCUT2D eigenvalue weighted by atomic mass is 16.5. The summed E-state index contributed by atoms with van der Waals surface area (Å²) in [5, 5.41) is 15.1. The van der Waals surface area contributed by atoms with E-state index in [0.717, 1.165) is 22.4 Å². The van der Waals surface area contributed by atoms with Crippen molar-refractivity contribution < 1.29 is 9.53 Å². The van der Waals surface area contributed by atoms with Crippen LogP contribution in [0.3, 0.4) is 0 Å². The Morgan fingerprint density at radius 3 is 2.43 bits per heavy atom. The van der Waals surface area contributed by atoms with Crippen LogP contribution in [0.1, 0.15) is 11.1 Å². The molecule has 0 atom stereocenters. The molecule has 0 saturated carbocycles. The van der Waals surface area contributed by atoms with E-state index in [1.807, 2.05) is 84.9 Å². The summed E-state index contributed by atoms with van der Waals surface area (Å²) in [6.07, 6.45) is 0. The summed E-state index contributed by atoms with van der Waals surface area (Å²) in [4.78, 5) is 13.5. The van der Waals surface area contributed by atoms with Crippen LogP contribution in [0.15, 0.2) is 84.9 Å². The number of tetrazole rings is 1. The Hall–Kier alpha value is -4.00. The number of hydrogen-bond donors (Lipinski definition) is 1. The Labute approximate surface area is 174 Å². The van der Waals surface area contributed by atoms with Gasteiger partial charge in [0.1, 0.15) is 18.9 Å². The first kappa shape index (κ1) is 19.3. The molecule has 0 aliphatic carbocycles. The molecule has 0 fully saturated rings. The lowest BCUT2D eigenvalue weighted by Gasteiger charge is -2.09. The van der Waals surface area contributed by atoms with Crippen LogP contribution in [0.2, 0.25) is 0 Å². The van der Waals surface area contributed by atoms with E-state index in [4.69, 9.17) is 4.74 Å². The van der Waals surface area contributed by atoms with Crippen LogP contribution in [-0.2, 0) is 24.5 Å². The summed E-state index contributed by atoms with van der Waals surface area (Å²) in [5.74, 6) is 1.06. The van der Waals surface area contributed by atoms with Crippen molar-refractivity contribution >= 4 is 5.91 Å². The van der Waals surface area contributed by atoms with Gasteiger partial charge in [-0.3, -0.25) is 4.79 Å². The highest BCUT2D eigenvalue weighted by Gasteiger charge is 2.09. The number of rotatable bonds is 8. The number of amides is 1. The van der Waals surface area contributed by atoms with Gasteiger partial charge in [-0.15, -0.1) is 10.2 Å². The molecule has 0 bridgehead atoms. The van der Waals surface area contributed by atoms with Crippen molar-refractivity contribution in [1.82, 2.24) is 25.5 Å². The van der Waals surface area contributed by atoms with Gasteiger partial charge in [0.05, 0.1) is 0 Å².